The third-order valence-corrected chi connectivity index (χ3v) is 3.68. The molecule has 4 nitrogen and oxygen atoms in total. The highest BCUT2D eigenvalue weighted by Crippen LogP contribution is 2.13. The Kier molecular flexibility index (Phi) is 7.15. The Balaban J connectivity index is 1.72. The number of nitrogens with one attached hydrogen (secondary N) is 1. The summed E-state index contributed by atoms with van der Waals surface area (Å²) < 4.78 is 10.7. The van der Waals surface area contributed by atoms with E-state index in [0.717, 1.165) is 30.8 Å². The predicted molar refractivity (Wildman–Crippen MR) is 95.9 cm³/mol. The molecule has 0 saturated heterocycles. The van der Waals surface area contributed by atoms with Crippen molar-refractivity contribution >= 4 is 5.91 Å². The van der Waals surface area contributed by atoms with Gasteiger partial charge < -0.3 is 14.8 Å². The molecule has 0 spiro atoms. The number of ether oxygens (including phenoxy) is 2. The number of hydrogen-bond acceptors (Lipinski definition) is 3. The van der Waals surface area contributed by atoms with Gasteiger partial charge in [-0.05, 0) is 61.2 Å². The van der Waals surface area contributed by atoms with Gasteiger partial charge in [-0.15, -0.1) is 0 Å². The number of hydrogen-bond donors (Lipinski definition) is 1. The Labute approximate surface area is 143 Å². The molecule has 0 heterocycles. The van der Waals surface area contributed by atoms with Crippen LogP contribution in [-0.2, 0) is 6.42 Å². The average molecular weight is 327 g/mol. The molecule has 1 amide bonds. The number of methoxy groups -OCH3 is 1. The molecule has 0 aliphatic carbocycles. The second-order valence-corrected chi connectivity index (χ2v) is 5.58. The van der Waals surface area contributed by atoms with Gasteiger partial charge in [0.2, 0.25) is 0 Å². The molecule has 4 heteroatoms. The van der Waals surface area contributed by atoms with Gasteiger partial charge in [-0.3, -0.25) is 4.79 Å². The zero-order valence-corrected chi connectivity index (χ0v) is 14.4. The van der Waals surface area contributed by atoms with Gasteiger partial charge in [-0.1, -0.05) is 19.1 Å². The first-order valence-corrected chi connectivity index (χ1v) is 8.37. The van der Waals surface area contributed by atoms with Crippen molar-refractivity contribution in [3.8, 4) is 11.5 Å². The van der Waals surface area contributed by atoms with E-state index in [-0.39, 0.29) is 5.91 Å². The van der Waals surface area contributed by atoms with Crippen LogP contribution < -0.4 is 14.8 Å². The number of rotatable bonds is 9. The number of benzene rings is 2. The van der Waals surface area contributed by atoms with Crippen LogP contribution in [0.15, 0.2) is 48.5 Å². The van der Waals surface area contributed by atoms with E-state index in [0.29, 0.717) is 18.7 Å². The van der Waals surface area contributed by atoms with Crippen LogP contribution in [0.2, 0.25) is 0 Å². The molecule has 2 aromatic carbocycles. The van der Waals surface area contributed by atoms with Crippen LogP contribution in [0, 0.1) is 0 Å². The van der Waals surface area contributed by atoms with Gasteiger partial charge in [0.25, 0.3) is 5.91 Å². The summed E-state index contributed by atoms with van der Waals surface area (Å²) in [5.41, 5.74) is 1.89. The van der Waals surface area contributed by atoms with E-state index in [4.69, 9.17) is 9.47 Å². The molecular weight excluding hydrogens is 302 g/mol. The highest BCUT2D eigenvalue weighted by molar-refractivity contribution is 5.94. The molecular formula is C20H25NO3. The topological polar surface area (TPSA) is 47.6 Å². The van der Waals surface area contributed by atoms with Gasteiger partial charge in [-0.2, -0.15) is 0 Å². The van der Waals surface area contributed by atoms with Crippen molar-refractivity contribution in [2.45, 2.75) is 26.2 Å². The Morgan fingerprint density at radius 2 is 1.67 bits per heavy atom. The lowest BCUT2D eigenvalue weighted by molar-refractivity contribution is 0.0953. The molecule has 0 radical (unpaired) electrons. The lowest BCUT2D eigenvalue weighted by atomic mass is 10.1. The molecule has 0 unspecified atom stereocenters. The molecule has 0 bridgehead atoms. The zero-order valence-electron chi connectivity index (χ0n) is 14.4. The van der Waals surface area contributed by atoms with Gasteiger partial charge in [0, 0.05) is 12.1 Å². The van der Waals surface area contributed by atoms with Crippen molar-refractivity contribution in [1.29, 1.82) is 0 Å². The fourth-order valence-electron chi connectivity index (χ4n) is 2.31. The van der Waals surface area contributed by atoms with Crippen LogP contribution in [0.3, 0.4) is 0 Å². The van der Waals surface area contributed by atoms with Crippen LogP contribution in [0.1, 0.15) is 35.7 Å². The molecule has 2 aromatic rings. The van der Waals surface area contributed by atoms with Crippen molar-refractivity contribution in [1.82, 2.24) is 5.32 Å². The van der Waals surface area contributed by atoms with E-state index >= 15 is 0 Å². The summed E-state index contributed by atoms with van der Waals surface area (Å²) in [6, 6.07) is 15.3. The van der Waals surface area contributed by atoms with Gasteiger partial charge in [0.05, 0.1) is 13.7 Å². The first-order chi connectivity index (χ1) is 11.7. The summed E-state index contributed by atoms with van der Waals surface area (Å²) in [6.45, 7) is 3.41. The molecule has 0 saturated carbocycles. The third kappa shape index (κ3) is 5.61. The van der Waals surface area contributed by atoms with E-state index < -0.39 is 0 Å². The smallest absolute Gasteiger partial charge is 0.251 e. The number of aryl methyl sites for hydroxylation is 1. The summed E-state index contributed by atoms with van der Waals surface area (Å²) in [6.07, 6.45) is 2.79. The first-order valence-electron chi connectivity index (χ1n) is 8.37. The molecule has 24 heavy (non-hydrogen) atoms. The Hall–Kier alpha value is -2.49. The molecule has 0 fully saturated rings. The molecule has 2 rings (SSSR count). The Bertz CT molecular complexity index is 620. The van der Waals surface area contributed by atoms with Crippen molar-refractivity contribution in [3.63, 3.8) is 0 Å². The molecule has 0 aliphatic heterocycles. The van der Waals surface area contributed by atoms with Gasteiger partial charge in [0.15, 0.2) is 0 Å². The Morgan fingerprint density at radius 1 is 1.00 bits per heavy atom. The van der Waals surface area contributed by atoms with Gasteiger partial charge in [0.1, 0.15) is 11.5 Å². The van der Waals surface area contributed by atoms with E-state index in [1.165, 1.54) is 5.56 Å². The van der Waals surface area contributed by atoms with Crippen molar-refractivity contribution in [3.05, 3.63) is 59.7 Å². The summed E-state index contributed by atoms with van der Waals surface area (Å²) in [5.74, 6) is 1.61. The fourth-order valence-corrected chi connectivity index (χ4v) is 2.31. The maximum Gasteiger partial charge on any atom is 0.251 e. The number of carbonyl (C=O) groups excluding carboxylic acids is 1. The van der Waals surface area contributed by atoms with E-state index in [2.05, 4.69) is 24.4 Å². The maximum absolute atomic E-state index is 12.1. The highest BCUT2D eigenvalue weighted by atomic mass is 16.5. The number of carbonyl (C=O) groups is 1. The van der Waals surface area contributed by atoms with Crippen molar-refractivity contribution in [2.24, 2.45) is 0 Å². The maximum atomic E-state index is 12.1. The molecule has 0 aromatic heterocycles. The average Bonchev–Trinajstić information content (AvgIpc) is 2.64. The second-order valence-electron chi connectivity index (χ2n) is 5.58. The minimum absolute atomic E-state index is 0.0493. The standard InChI is InChI=1S/C20H25NO3/c1-3-15-24-19-12-8-17(9-13-19)20(22)21-14-4-5-16-6-10-18(23-2)11-7-16/h6-13H,3-5,14-15H2,1-2H3,(H,21,22). The van der Waals surface area contributed by atoms with Crippen LogP contribution >= 0.6 is 0 Å². The van der Waals surface area contributed by atoms with E-state index in [1.54, 1.807) is 19.2 Å². The molecule has 1 N–H and O–H groups in total. The third-order valence-electron chi connectivity index (χ3n) is 3.68. The summed E-state index contributed by atoms with van der Waals surface area (Å²) in [7, 11) is 1.66. The normalized spacial score (nSPS) is 10.2. The van der Waals surface area contributed by atoms with Crippen LogP contribution in [0.5, 0.6) is 11.5 Å². The molecule has 128 valence electrons. The van der Waals surface area contributed by atoms with Crippen molar-refractivity contribution < 1.29 is 14.3 Å². The monoisotopic (exact) mass is 327 g/mol. The quantitative estimate of drug-likeness (QED) is 0.712. The van der Waals surface area contributed by atoms with E-state index in [9.17, 15) is 4.79 Å². The fraction of sp³-hybridized carbons (Fsp3) is 0.350. The van der Waals surface area contributed by atoms with Crippen LogP contribution in [0.4, 0.5) is 0 Å². The zero-order chi connectivity index (χ0) is 17.2. The number of amides is 1. The van der Waals surface area contributed by atoms with Gasteiger partial charge >= 0.3 is 0 Å². The lowest BCUT2D eigenvalue weighted by Gasteiger charge is -2.08. The summed E-state index contributed by atoms with van der Waals surface area (Å²) >= 11 is 0. The SMILES string of the molecule is CCCOc1ccc(C(=O)NCCCc2ccc(OC)cc2)cc1. The first kappa shape index (κ1) is 17.9. The lowest BCUT2D eigenvalue weighted by Crippen LogP contribution is -2.24. The van der Waals surface area contributed by atoms with Crippen molar-refractivity contribution in [2.75, 3.05) is 20.3 Å². The van der Waals surface area contributed by atoms with Crippen LogP contribution in [-0.4, -0.2) is 26.2 Å². The summed E-state index contributed by atoms with van der Waals surface area (Å²) in [5, 5.41) is 2.95. The molecule has 0 atom stereocenters. The summed E-state index contributed by atoms with van der Waals surface area (Å²) in [4.78, 5) is 12.1. The minimum atomic E-state index is -0.0493. The highest BCUT2D eigenvalue weighted by Gasteiger charge is 2.05. The van der Waals surface area contributed by atoms with Crippen LogP contribution in [0.25, 0.3) is 0 Å². The second kappa shape index (κ2) is 9.60. The van der Waals surface area contributed by atoms with E-state index in [1.807, 2.05) is 24.3 Å². The van der Waals surface area contributed by atoms with Gasteiger partial charge in [-0.25, -0.2) is 0 Å². The predicted octanol–water partition coefficient (Wildman–Crippen LogP) is 3.85. The Morgan fingerprint density at radius 3 is 2.29 bits per heavy atom. The largest absolute Gasteiger partial charge is 0.497 e. The molecule has 0 aliphatic rings. The minimum Gasteiger partial charge on any atom is -0.497 e.